The van der Waals surface area contributed by atoms with Crippen molar-refractivity contribution >= 4 is 22.4 Å². The van der Waals surface area contributed by atoms with Crippen LogP contribution >= 0.6 is 0 Å². The Morgan fingerprint density at radius 2 is 1.59 bits per heavy atom. The molecular formula is C11H17BO4S. The molecule has 0 aliphatic heterocycles. The van der Waals surface area contributed by atoms with Crippen molar-refractivity contribution in [2.45, 2.75) is 31.3 Å². The summed E-state index contributed by atoms with van der Waals surface area (Å²) < 4.78 is 23.1. The van der Waals surface area contributed by atoms with Crippen molar-refractivity contribution in [1.82, 2.24) is 0 Å². The lowest BCUT2D eigenvalue weighted by molar-refractivity contribution is 0.426. The molecule has 0 aliphatic rings. The summed E-state index contributed by atoms with van der Waals surface area (Å²) in [6.07, 6.45) is 0. The van der Waals surface area contributed by atoms with Crippen LogP contribution in [0.25, 0.3) is 0 Å². The average Bonchev–Trinajstić information content (AvgIpc) is 2.16. The molecule has 0 spiro atoms. The Bertz CT molecular complexity index is 471. The molecular weight excluding hydrogens is 239 g/mol. The zero-order valence-electron chi connectivity index (χ0n) is 10.2. The van der Waals surface area contributed by atoms with Crippen molar-refractivity contribution in [2.75, 3.05) is 0 Å². The standard InChI is InChI=1S/C11H17BO4S/c1-11(2,3)17(15,16)8-9-4-6-10(7-5-9)12(13)14/h4-7,13-14H,8H2,1-3H3. The van der Waals surface area contributed by atoms with Crippen molar-refractivity contribution in [2.24, 2.45) is 0 Å². The zero-order valence-corrected chi connectivity index (χ0v) is 11.0. The van der Waals surface area contributed by atoms with E-state index in [1.807, 2.05) is 0 Å². The maximum Gasteiger partial charge on any atom is 0.488 e. The van der Waals surface area contributed by atoms with Crippen LogP contribution in [0, 0.1) is 0 Å². The first kappa shape index (κ1) is 14.2. The lowest BCUT2D eigenvalue weighted by atomic mass is 9.80. The van der Waals surface area contributed by atoms with Crippen LogP contribution in [0.3, 0.4) is 0 Å². The normalized spacial score (nSPS) is 12.5. The van der Waals surface area contributed by atoms with Gasteiger partial charge in [-0.3, -0.25) is 0 Å². The van der Waals surface area contributed by atoms with E-state index in [1.165, 1.54) is 12.1 Å². The van der Waals surface area contributed by atoms with Gasteiger partial charge >= 0.3 is 7.12 Å². The quantitative estimate of drug-likeness (QED) is 0.751. The third-order valence-electron chi connectivity index (χ3n) is 2.57. The van der Waals surface area contributed by atoms with Gasteiger partial charge in [-0.15, -0.1) is 0 Å². The molecule has 0 radical (unpaired) electrons. The lowest BCUT2D eigenvalue weighted by Crippen LogP contribution is -2.31. The molecule has 2 N–H and O–H groups in total. The molecule has 0 saturated heterocycles. The third-order valence-corrected chi connectivity index (χ3v) is 5.15. The minimum absolute atomic E-state index is 0.0433. The highest BCUT2D eigenvalue weighted by Gasteiger charge is 2.28. The smallest absolute Gasteiger partial charge is 0.423 e. The molecule has 1 rings (SSSR count). The molecule has 0 fully saturated rings. The first-order chi connectivity index (χ1) is 7.63. The molecule has 0 atom stereocenters. The van der Waals surface area contributed by atoms with Crippen LogP contribution in [0.15, 0.2) is 24.3 Å². The number of rotatable bonds is 3. The lowest BCUT2D eigenvalue weighted by Gasteiger charge is -2.19. The van der Waals surface area contributed by atoms with E-state index in [2.05, 4.69) is 0 Å². The van der Waals surface area contributed by atoms with Crippen molar-refractivity contribution in [3.63, 3.8) is 0 Å². The fourth-order valence-corrected chi connectivity index (χ4v) is 2.29. The molecule has 1 aromatic rings. The summed E-state index contributed by atoms with van der Waals surface area (Å²) in [7, 11) is -4.73. The van der Waals surface area contributed by atoms with E-state index in [0.717, 1.165) is 0 Å². The number of hydrogen-bond donors (Lipinski definition) is 2. The maximum atomic E-state index is 11.9. The van der Waals surface area contributed by atoms with Gasteiger partial charge in [-0.05, 0) is 31.8 Å². The summed E-state index contributed by atoms with van der Waals surface area (Å²) in [4.78, 5) is 0. The summed E-state index contributed by atoms with van der Waals surface area (Å²) in [5, 5.41) is 17.8. The molecule has 0 unspecified atom stereocenters. The Morgan fingerprint density at radius 1 is 1.12 bits per heavy atom. The average molecular weight is 256 g/mol. The second-order valence-corrected chi connectivity index (χ2v) is 7.73. The number of hydrogen-bond acceptors (Lipinski definition) is 4. The molecule has 0 bridgehead atoms. The van der Waals surface area contributed by atoms with Gasteiger partial charge in [-0.1, -0.05) is 24.3 Å². The van der Waals surface area contributed by atoms with Gasteiger partial charge in [0.2, 0.25) is 0 Å². The molecule has 0 amide bonds. The van der Waals surface area contributed by atoms with Gasteiger partial charge in [0, 0.05) is 0 Å². The maximum absolute atomic E-state index is 11.9. The van der Waals surface area contributed by atoms with Crippen LogP contribution in [-0.4, -0.2) is 30.3 Å². The highest BCUT2D eigenvalue weighted by atomic mass is 32.2. The topological polar surface area (TPSA) is 74.6 Å². The van der Waals surface area contributed by atoms with Gasteiger partial charge in [0.15, 0.2) is 9.84 Å². The Morgan fingerprint density at radius 3 is 1.94 bits per heavy atom. The minimum atomic E-state index is -3.21. The van der Waals surface area contributed by atoms with E-state index in [0.29, 0.717) is 11.0 Å². The van der Waals surface area contributed by atoms with Gasteiger partial charge in [-0.2, -0.15) is 0 Å². The summed E-state index contributed by atoms with van der Waals surface area (Å²) in [5.74, 6) is -0.0433. The largest absolute Gasteiger partial charge is 0.488 e. The van der Waals surface area contributed by atoms with E-state index in [9.17, 15) is 8.42 Å². The number of benzene rings is 1. The Labute approximate surface area is 102 Å². The third kappa shape index (κ3) is 3.56. The molecule has 1 aromatic carbocycles. The zero-order chi connectivity index (χ0) is 13.3. The van der Waals surface area contributed by atoms with E-state index >= 15 is 0 Å². The Kier molecular flexibility index (Phi) is 4.01. The fourth-order valence-electron chi connectivity index (χ4n) is 1.22. The molecule has 94 valence electrons. The van der Waals surface area contributed by atoms with Crippen LogP contribution < -0.4 is 5.46 Å². The van der Waals surface area contributed by atoms with Crippen LogP contribution in [-0.2, 0) is 15.6 Å². The van der Waals surface area contributed by atoms with Crippen LogP contribution in [0.5, 0.6) is 0 Å². The van der Waals surface area contributed by atoms with Crippen LogP contribution in [0.4, 0.5) is 0 Å². The molecule has 0 heterocycles. The molecule has 4 nitrogen and oxygen atoms in total. The van der Waals surface area contributed by atoms with Gasteiger partial charge in [0.1, 0.15) is 0 Å². The van der Waals surface area contributed by atoms with Crippen LogP contribution in [0.1, 0.15) is 26.3 Å². The fraction of sp³-hybridized carbons (Fsp3) is 0.455. The van der Waals surface area contributed by atoms with Crippen LogP contribution in [0.2, 0.25) is 0 Å². The van der Waals surface area contributed by atoms with Crippen molar-refractivity contribution in [3.05, 3.63) is 29.8 Å². The van der Waals surface area contributed by atoms with E-state index < -0.39 is 21.7 Å². The second-order valence-electron chi connectivity index (χ2n) is 4.99. The highest BCUT2D eigenvalue weighted by molar-refractivity contribution is 7.91. The van der Waals surface area contributed by atoms with Gasteiger partial charge in [0.05, 0.1) is 10.5 Å². The van der Waals surface area contributed by atoms with Gasteiger partial charge < -0.3 is 10.0 Å². The predicted octanol–water partition coefficient (Wildman–Crippen LogP) is 0.0797. The summed E-state index contributed by atoms with van der Waals surface area (Å²) in [6.45, 7) is 4.98. The van der Waals surface area contributed by atoms with E-state index in [4.69, 9.17) is 10.0 Å². The first-order valence-electron chi connectivity index (χ1n) is 5.31. The molecule has 6 heteroatoms. The molecule has 0 aliphatic carbocycles. The second kappa shape index (κ2) is 4.80. The number of sulfone groups is 1. The molecule has 0 aromatic heterocycles. The highest BCUT2D eigenvalue weighted by Crippen LogP contribution is 2.20. The van der Waals surface area contributed by atoms with Gasteiger partial charge in [0.25, 0.3) is 0 Å². The van der Waals surface area contributed by atoms with E-state index in [-0.39, 0.29) is 5.75 Å². The SMILES string of the molecule is CC(C)(C)S(=O)(=O)Cc1ccc(B(O)O)cc1. The summed E-state index contributed by atoms with van der Waals surface area (Å²) in [6, 6.07) is 6.21. The molecule has 17 heavy (non-hydrogen) atoms. The summed E-state index contributed by atoms with van der Waals surface area (Å²) >= 11 is 0. The summed E-state index contributed by atoms with van der Waals surface area (Å²) in [5.41, 5.74) is 0.992. The monoisotopic (exact) mass is 256 g/mol. The van der Waals surface area contributed by atoms with Crippen molar-refractivity contribution < 1.29 is 18.5 Å². The van der Waals surface area contributed by atoms with Gasteiger partial charge in [-0.25, -0.2) is 8.42 Å². The van der Waals surface area contributed by atoms with Crippen molar-refractivity contribution in [3.8, 4) is 0 Å². The molecule has 0 saturated carbocycles. The Balaban J connectivity index is 2.91. The van der Waals surface area contributed by atoms with Crippen molar-refractivity contribution in [1.29, 1.82) is 0 Å². The first-order valence-corrected chi connectivity index (χ1v) is 6.96. The predicted molar refractivity (Wildman–Crippen MR) is 68.6 cm³/mol. The van der Waals surface area contributed by atoms with E-state index in [1.54, 1.807) is 32.9 Å². The minimum Gasteiger partial charge on any atom is -0.423 e. The Hall–Kier alpha value is -0.845.